The van der Waals surface area contributed by atoms with E-state index in [2.05, 4.69) is 0 Å². The van der Waals surface area contributed by atoms with Crippen LogP contribution in [-0.4, -0.2) is 39.9 Å². The number of fused-ring (bicyclic) bond motifs is 1. The SMILES string of the molecule is CS(=O)(=O)O[C@H](COc1ccccc1)CC1CCCc2ccc(OCC(N)=O)cc2C1N. The summed E-state index contributed by atoms with van der Waals surface area (Å²) in [5.74, 6) is 0.589. The number of aryl methyl sites for hydroxylation is 1. The molecule has 2 aromatic carbocycles. The van der Waals surface area contributed by atoms with Gasteiger partial charge >= 0.3 is 0 Å². The fourth-order valence-corrected chi connectivity index (χ4v) is 4.66. The smallest absolute Gasteiger partial charge is 0.264 e. The van der Waals surface area contributed by atoms with Crippen molar-refractivity contribution < 1.29 is 26.9 Å². The number of hydrogen-bond donors (Lipinski definition) is 2. The molecule has 0 spiro atoms. The van der Waals surface area contributed by atoms with E-state index in [0.717, 1.165) is 36.6 Å². The summed E-state index contributed by atoms with van der Waals surface area (Å²) < 4.78 is 40.3. The minimum atomic E-state index is -3.67. The van der Waals surface area contributed by atoms with Crippen LogP contribution in [0.4, 0.5) is 0 Å². The Hall–Kier alpha value is -2.62. The first kappa shape index (κ1) is 24.0. The highest BCUT2D eigenvalue weighted by Crippen LogP contribution is 2.36. The van der Waals surface area contributed by atoms with Crippen LogP contribution in [0.1, 0.15) is 36.4 Å². The molecule has 0 saturated heterocycles. The molecule has 0 aliphatic heterocycles. The number of carbonyl (C=O) groups excluding carboxylic acids is 1. The second-order valence-corrected chi connectivity index (χ2v) is 9.68. The van der Waals surface area contributed by atoms with Gasteiger partial charge in [-0.2, -0.15) is 8.42 Å². The number of nitrogens with two attached hydrogens (primary N) is 2. The molecule has 1 aliphatic rings. The van der Waals surface area contributed by atoms with Crippen molar-refractivity contribution in [2.45, 2.75) is 37.8 Å². The van der Waals surface area contributed by atoms with Gasteiger partial charge in [0.15, 0.2) is 6.61 Å². The molecular weight excluding hydrogens is 432 g/mol. The van der Waals surface area contributed by atoms with E-state index in [1.165, 1.54) is 0 Å². The van der Waals surface area contributed by atoms with Crippen molar-refractivity contribution >= 4 is 16.0 Å². The first-order valence-electron chi connectivity index (χ1n) is 10.6. The summed E-state index contributed by atoms with van der Waals surface area (Å²) in [4.78, 5) is 11.0. The zero-order valence-electron chi connectivity index (χ0n) is 18.1. The number of carbonyl (C=O) groups is 1. The molecule has 0 fully saturated rings. The van der Waals surface area contributed by atoms with Crippen molar-refractivity contribution in [2.75, 3.05) is 19.5 Å². The maximum atomic E-state index is 11.9. The van der Waals surface area contributed by atoms with Crippen LogP contribution in [0.15, 0.2) is 48.5 Å². The van der Waals surface area contributed by atoms with Crippen LogP contribution in [0.2, 0.25) is 0 Å². The molecule has 0 bridgehead atoms. The molecule has 3 rings (SSSR count). The van der Waals surface area contributed by atoms with E-state index >= 15 is 0 Å². The maximum Gasteiger partial charge on any atom is 0.264 e. The van der Waals surface area contributed by atoms with Gasteiger partial charge in [-0.25, -0.2) is 0 Å². The van der Waals surface area contributed by atoms with Gasteiger partial charge in [-0.05, 0) is 67.0 Å². The average molecular weight is 463 g/mol. The highest BCUT2D eigenvalue weighted by atomic mass is 32.2. The topological polar surface area (TPSA) is 131 Å². The monoisotopic (exact) mass is 462 g/mol. The number of benzene rings is 2. The van der Waals surface area contributed by atoms with E-state index in [4.69, 9.17) is 25.1 Å². The zero-order valence-corrected chi connectivity index (χ0v) is 18.9. The molecule has 3 atom stereocenters. The van der Waals surface area contributed by atoms with Crippen LogP contribution in [0.5, 0.6) is 11.5 Å². The van der Waals surface area contributed by atoms with Crippen LogP contribution < -0.4 is 20.9 Å². The molecule has 9 heteroatoms. The van der Waals surface area contributed by atoms with Crippen molar-refractivity contribution in [3.63, 3.8) is 0 Å². The van der Waals surface area contributed by atoms with Crippen molar-refractivity contribution in [1.29, 1.82) is 0 Å². The minimum Gasteiger partial charge on any atom is -0.491 e. The Morgan fingerprint density at radius 3 is 2.56 bits per heavy atom. The van der Waals surface area contributed by atoms with Gasteiger partial charge in [0.05, 0.1) is 6.26 Å². The van der Waals surface area contributed by atoms with E-state index in [1.807, 2.05) is 30.3 Å². The molecule has 174 valence electrons. The van der Waals surface area contributed by atoms with Gasteiger partial charge < -0.3 is 20.9 Å². The summed E-state index contributed by atoms with van der Waals surface area (Å²) in [6.07, 6.45) is 3.38. The van der Waals surface area contributed by atoms with Gasteiger partial charge in [-0.15, -0.1) is 0 Å². The first-order chi connectivity index (χ1) is 15.2. The van der Waals surface area contributed by atoms with Gasteiger partial charge in [0.1, 0.15) is 24.2 Å². The largest absolute Gasteiger partial charge is 0.491 e. The Morgan fingerprint density at radius 1 is 1.12 bits per heavy atom. The normalized spacial score (nSPS) is 19.4. The minimum absolute atomic E-state index is 0.0197. The third-order valence-corrected chi connectivity index (χ3v) is 6.06. The lowest BCUT2D eigenvalue weighted by molar-refractivity contribution is -0.119. The molecule has 1 aliphatic carbocycles. The fourth-order valence-electron chi connectivity index (χ4n) is 4.03. The third kappa shape index (κ3) is 7.22. The summed E-state index contributed by atoms with van der Waals surface area (Å²) in [5.41, 5.74) is 13.9. The third-order valence-electron chi connectivity index (χ3n) is 5.44. The van der Waals surface area contributed by atoms with E-state index in [0.29, 0.717) is 17.9 Å². The van der Waals surface area contributed by atoms with Gasteiger partial charge in [0, 0.05) is 6.04 Å². The highest BCUT2D eigenvalue weighted by molar-refractivity contribution is 7.86. The second kappa shape index (κ2) is 10.8. The molecule has 0 saturated carbocycles. The number of ether oxygens (including phenoxy) is 2. The predicted molar refractivity (Wildman–Crippen MR) is 121 cm³/mol. The molecule has 0 radical (unpaired) electrons. The highest BCUT2D eigenvalue weighted by Gasteiger charge is 2.30. The Bertz CT molecular complexity index is 1010. The Kier molecular flexibility index (Phi) is 8.11. The molecule has 0 aromatic heterocycles. The summed E-state index contributed by atoms with van der Waals surface area (Å²) in [5, 5.41) is 0. The molecule has 2 aromatic rings. The van der Waals surface area contributed by atoms with Crippen LogP contribution in [-0.2, 0) is 25.5 Å². The Balaban J connectivity index is 1.75. The van der Waals surface area contributed by atoms with E-state index in [9.17, 15) is 13.2 Å². The molecule has 2 unspecified atom stereocenters. The molecule has 4 N–H and O–H groups in total. The van der Waals surface area contributed by atoms with Crippen molar-refractivity contribution in [3.8, 4) is 11.5 Å². The lowest BCUT2D eigenvalue weighted by atomic mass is 9.87. The van der Waals surface area contributed by atoms with Gasteiger partial charge in [0.2, 0.25) is 0 Å². The summed E-state index contributed by atoms with van der Waals surface area (Å²) in [7, 11) is -3.67. The summed E-state index contributed by atoms with van der Waals surface area (Å²) in [6.45, 7) is -0.118. The summed E-state index contributed by atoms with van der Waals surface area (Å²) >= 11 is 0. The van der Waals surface area contributed by atoms with Crippen LogP contribution in [0.3, 0.4) is 0 Å². The Labute approximate surface area is 189 Å². The van der Waals surface area contributed by atoms with Crippen LogP contribution >= 0.6 is 0 Å². The number of para-hydroxylation sites is 1. The number of rotatable bonds is 10. The number of hydrogen-bond acceptors (Lipinski definition) is 7. The molecule has 0 heterocycles. The molecule has 1 amide bonds. The fraction of sp³-hybridized carbons (Fsp3) is 0.435. The van der Waals surface area contributed by atoms with Crippen molar-refractivity contribution in [1.82, 2.24) is 0 Å². The molecular formula is C23H30N2O6S. The predicted octanol–water partition coefficient (Wildman–Crippen LogP) is 2.32. The van der Waals surface area contributed by atoms with E-state index < -0.39 is 22.1 Å². The van der Waals surface area contributed by atoms with Crippen LogP contribution in [0.25, 0.3) is 0 Å². The summed E-state index contributed by atoms with van der Waals surface area (Å²) in [6, 6.07) is 14.4. The molecule has 8 nitrogen and oxygen atoms in total. The van der Waals surface area contributed by atoms with Crippen molar-refractivity contribution in [2.24, 2.45) is 17.4 Å². The molecule has 32 heavy (non-hydrogen) atoms. The zero-order chi connectivity index (χ0) is 23.1. The van der Waals surface area contributed by atoms with Crippen LogP contribution in [0, 0.1) is 5.92 Å². The van der Waals surface area contributed by atoms with Gasteiger partial charge in [-0.1, -0.05) is 24.3 Å². The quantitative estimate of drug-likeness (QED) is 0.409. The van der Waals surface area contributed by atoms with Gasteiger partial charge in [0.25, 0.3) is 16.0 Å². The van der Waals surface area contributed by atoms with Gasteiger partial charge in [-0.3, -0.25) is 8.98 Å². The van der Waals surface area contributed by atoms with Crippen molar-refractivity contribution in [3.05, 3.63) is 59.7 Å². The standard InChI is InChI=1S/C23H30N2O6S/c1-32(27,28)31-20(14-29-18-8-3-2-4-9-18)12-17-7-5-6-16-10-11-19(30-15-22(24)26)13-21(16)23(17)25/h2-4,8-11,13,17,20,23H,5-7,12,14-15,25H2,1H3,(H2,24,26)/t17?,20-,23?/m0/s1. The first-order valence-corrected chi connectivity index (χ1v) is 12.4. The van der Waals surface area contributed by atoms with E-state index in [-0.39, 0.29) is 25.2 Å². The van der Waals surface area contributed by atoms with E-state index in [1.54, 1.807) is 18.2 Å². The average Bonchev–Trinajstić information content (AvgIpc) is 2.89. The lowest BCUT2D eigenvalue weighted by Gasteiger charge is -2.27. The Morgan fingerprint density at radius 2 is 1.88 bits per heavy atom. The number of amides is 1. The lowest BCUT2D eigenvalue weighted by Crippen LogP contribution is -2.31. The maximum absolute atomic E-state index is 11.9. The second-order valence-electron chi connectivity index (χ2n) is 8.08. The number of primary amides is 1.